The van der Waals surface area contributed by atoms with Crippen LogP contribution in [0.25, 0.3) is 0 Å². The van der Waals surface area contributed by atoms with Crippen molar-refractivity contribution in [2.24, 2.45) is 34.5 Å². The second-order valence-electron chi connectivity index (χ2n) is 11.0. The van der Waals surface area contributed by atoms with Crippen molar-refractivity contribution in [2.75, 3.05) is 13.1 Å². The molecule has 1 saturated heterocycles. The first kappa shape index (κ1) is 18.3. The molecule has 0 bridgehead atoms. The number of aliphatic hydroxyl groups is 1. The van der Waals surface area contributed by atoms with Gasteiger partial charge in [0.1, 0.15) is 0 Å². The van der Waals surface area contributed by atoms with Crippen LogP contribution < -0.4 is 0 Å². The molecule has 0 aromatic carbocycles. The molecule has 0 aromatic heterocycles. The van der Waals surface area contributed by atoms with E-state index in [9.17, 15) is 5.11 Å². The molecule has 1 N–H and O–H groups in total. The molecule has 5 aliphatic rings. The summed E-state index contributed by atoms with van der Waals surface area (Å²) in [5.41, 5.74) is 4.08. The van der Waals surface area contributed by atoms with E-state index in [2.05, 4.69) is 37.8 Å². The van der Waals surface area contributed by atoms with Crippen molar-refractivity contribution < 1.29 is 5.11 Å². The van der Waals surface area contributed by atoms with E-state index in [-0.39, 0.29) is 6.10 Å². The lowest BCUT2D eigenvalue weighted by Crippen LogP contribution is -2.53. The van der Waals surface area contributed by atoms with Crippen molar-refractivity contribution >= 4 is 0 Å². The minimum absolute atomic E-state index is 0.0965. The van der Waals surface area contributed by atoms with Gasteiger partial charge in [-0.15, -0.1) is 0 Å². The predicted octanol–water partition coefficient (Wildman–Crippen LogP) is 5.54. The van der Waals surface area contributed by atoms with Gasteiger partial charge in [-0.05, 0) is 86.9 Å². The summed E-state index contributed by atoms with van der Waals surface area (Å²) in [6, 6.07) is 0. The Balaban J connectivity index is 1.46. The van der Waals surface area contributed by atoms with Crippen LogP contribution in [0.15, 0.2) is 23.4 Å². The van der Waals surface area contributed by atoms with E-state index in [0.717, 1.165) is 30.6 Å². The quantitative estimate of drug-likeness (QED) is 0.614. The molecule has 0 amide bonds. The van der Waals surface area contributed by atoms with E-state index in [1.165, 1.54) is 58.0 Å². The number of hydrogen-bond acceptors (Lipinski definition) is 2. The Bertz CT molecular complexity index is 659. The summed E-state index contributed by atoms with van der Waals surface area (Å²) in [6.45, 7) is 10.2. The van der Waals surface area contributed by atoms with Gasteiger partial charge in [-0.1, -0.05) is 38.5 Å². The third-order valence-electron chi connectivity index (χ3n) is 9.64. The Kier molecular flexibility index (Phi) is 4.31. The van der Waals surface area contributed by atoms with Gasteiger partial charge in [0, 0.05) is 24.2 Å². The molecule has 0 aromatic rings. The van der Waals surface area contributed by atoms with Gasteiger partial charge in [-0.25, -0.2) is 0 Å². The highest BCUT2D eigenvalue weighted by Gasteiger charge is 2.58. The minimum atomic E-state index is -0.0965. The number of likely N-dealkylation sites (tertiary alicyclic amines) is 1. The Morgan fingerprint density at radius 1 is 1.00 bits per heavy atom. The largest absolute Gasteiger partial charge is 0.393 e. The molecular formula is C25H39NO. The van der Waals surface area contributed by atoms with E-state index in [1.807, 2.05) is 0 Å². The van der Waals surface area contributed by atoms with Gasteiger partial charge in [-0.2, -0.15) is 0 Å². The smallest absolute Gasteiger partial charge is 0.0577 e. The summed E-state index contributed by atoms with van der Waals surface area (Å²) < 4.78 is 0. The first-order valence-corrected chi connectivity index (χ1v) is 11.8. The zero-order valence-electron chi connectivity index (χ0n) is 17.7. The van der Waals surface area contributed by atoms with Gasteiger partial charge in [0.15, 0.2) is 0 Å². The molecule has 0 radical (unpaired) electrons. The Morgan fingerprint density at radius 3 is 2.52 bits per heavy atom. The van der Waals surface area contributed by atoms with Gasteiger partial charge >= 0.3 is 0 Å². The number of aliphatic hydroxyl groups excluding tert-OH is 1. The molecule has 1 heterocycles. The van der Waals surface area contributed by atoms with Crippen molar-refractivity contribution in [1.82, 2.24) is 4.90 Å². The van der Waals surface area contributed by atoms with E-state index in [1.54, 1.807) is 11.3 Å². The fourth-order valence-electron chi connectivity index (χ4n) is 8.17. The van der Waals surface area contributed by atoms with Crippen LogP contribution >= 0.6 is 0 Å². The van der Waals surface area contributed by atoms with Crippen LogP contribution in [0.2, 0.25) is 0 Å². The van der Waals surface area contributed by atoms with E-state index in [0.29, 0.717) is 16.7 Å². The summed E-state index contributed by atoms with van der Waals surface area (Å²) >= 11 is 0. The molecular weight excluding hydrogens is 330 g/mol. The maximum absolute atomic E-state index is 10.3. The van der Waals surface area contributed by atoms with Crippen LogP contribution in [-0.4, -0.2) is 29.2 Å². The van der Waals surface area contributed by atoms with Crippen LogP contribution in [0.4, 0.5) is 0 Å². The van der Waals surface area contributed by atoms with Crippen molar-refractivity contribution in [3.8, 4) is 0 Å². The summed E-state index contributed by atoms with van der Waals surface area (Å²) in [5.74, 6) is 3.14. The number of nitrogens with zero attached hydrogens (tertiary/aromatic N) is 1. The fraction of sp³-hybridized carbons (Fsp3) is 0.840. The van der Waals surface area contributed by atoms with Gasteiger partial charge in [0.25, 0.3) is 0 Å². The monoisotopic (exact) mass is 369 g/mol. The average molecular weight is 370 g/mol. The molecule has 0 unspecified atom stereocenters. The molecule has 2 heteroatoms. The molecule has 2 saturated carbocycles. The first-order valence-electron chi connectivity index (χ1n) is 11.8. The minimum Gasteiger partial charge on any atom is -0.393 e. The Labute approximate surface area is 166 Å². The van der Waals surface area contributed by atoms with Gasteiger partial charge in [-0.3, -0.25) is 0 Å². The molecule has 2 nitrogen and oxygen atoms in total. The van der Waals surface area contributed by atoms with Crippen LogP contribution in [0.1, 0.15) is 78.6 Å². The normalized spacial score (nSPS) is 49.6. The maximum atomic E-state index is 10.3. The van der Waals surface area contributed by atoms with Crippen molar-refractivity contribution in [3.63, 3.8) is 0 Å². The summed E-state index contributed by atoms with van der Waals surface area (Å²) in [6.07, 6.45) is 16.5. The lowest BCUT2D eigenvalue weighted by atomic mass is 9.46. The van der Waals surface area contributed by atoms with Crippen LogP contribution in [0, 0.1) is 34.5 Å². The third-order valence-corrected chi connectivity index (χ3v) is 9.64. The number of allylic oxidation sites excluding steroid dienone is 3. The second kappa shape index (κ2) is 6.37. The fourth-order valence-corrected chi connectivity index (χ4v) is 8.17. The van der Waals surface area contributed by atoms with E-state index in [4.69, 9.17) is 0 Å². The average Bonchev–Trinajstić information content (AvgIpc) is 3.01. The summed E-state index contributed by atoms with van der Waals surface area (Å²) in [5, 5.41) is 10.3. The lowest BCUT2D eigenvalue weighted by molar-refractivity contribution is -0.0544. The van der Waals surface area contributed by atoms with Gasteiger partial charge in [0.05, 0.1) is 6.10 Å². The molecule has 7 atom stereocenters. The van der Waals surface area contributed by atoms with Crippen molar-refractivity contribution in [3.05, 3.63) is 23.4 Å². The van der Waals surface area contributed by atoms with E-state index >= 15 is 0 Å². The highest BCUT2D eigenvalue weighted by Crippen LogP contribution is 2.66. The molecule has 0 spiro atoms. The molecule has 4 aliphatic carbocycles. The van der Waals surface area contributed by atoms with E-state index < -0.39 is 0 Å². The zero-order valence-corrected chi connectivity index (χ0v) is 17.7. The molecule has 3 fully saturated rings. The highest BCUT2D eigenvalue weighted by atomic mass is 16.3. The summed E-state index contributed by atoms with van der Waals surface area (Å²) in [7, 11) is 0. The first-order chi connectivity index (χ1) is 12.9. The molecule has 27 heavy (non-hydrogen) atoms. The number of piperidine rings is 1. The van der Waals surface area contributed by atoms with Gasteiger partial charge in [0.2, 0.25) is 0 Å². The number of rotatable bonds is 1. The number of fused-ring (bicyclic) bond motifs is 5. The van der Waals surface area contributed by atoms with Crippen LogP contribution in [-0.2, 0) is 0 Å². The Morgan fingerprint density at radius 2 is 1.74 bits per heavy atom. The molecule has 1 aliphatic heterocycles. The SMILES string of the molecule is C[C@H]1C=C2C[C@@H](O)CC[C@]2(C)[C@H]2CC[C@]3(C)C(N4CCCCC4)=CC[C@H]3[C@H]12. The zero-order chi connectivity index (χ0) is 18.8. The number of hydrogen-bond donors (Lipinski definition) is 1. The summed E-state index contributed by atoms with van der Waals surface area (Å²) in [4.78, 5) is 2.76. The van der Waals surface area contributed by atoms with Gasteiger partial charge < -0.3 is 10.0 Å². The van der Waals surface area contributed by atoms with Crippen molar-refractivity contribution in [1.29, 1.82) is 0 Å². The van der Waals surface area contributed by atoms with Crippen LogP contribution in [0.5, 0.6) is 0 Å². The lowest BCUT2D eigenvalue weighted by Gasteiger charge is -2.60. The van der Waals surface area contributed by atoms with Crippen LogP contribution in [0.3, 0.4) is 0 Å². The van der Waals surface area contributed by atoms with Crippen molar-refractivity contribution in [2.45, 2.75) is 84.7 Å². The predicted molar refractivity (Wildman–Crippen MR) is 111 cm³/mol. The highest BCUT2D eigenvalue weighted by molar-refractivity contribution is 5.31. The topological polar surface area (TPSA) is 23.5 Å². The molecule has 5 rings (SSSR count). The standard InChI is InChI=1S/C25H39NO/c1-17-15-18-16-19(27)9-11-24(18,2)21-10-12-25(3)20(23(17)21)7-8-22(25)26-13-5-4-6-14-26/h8,15,17,19-21,23,27H,4-7,9-14,16H2,1-3H3/t17-,19-,20-,21-,23-,24-,25-/m0/s1. The second-order valence-corrected chi connectivity index (χ2v) is 11.0. The maximum Gasteiger partial charge on any atom is 0.0577 e. The Hall–Kier alpha value is -0.760. The molecule has 150 valence electrons. The third kappa shape index (κ3) is 2.61.